The van der Waals surface area contributed by atoms with Crippen molar-refractivity contribution in [2.75, 3.05) is 11.9 Å². The van der Waals surface area contributed by atoms with Gasteiger partial charge in [0.2, 0.25) is 0 Å². The van der Waals surface area contributed by atoms with Crippen LogP contribution in [0.3, 0.4) is 0 Å². The quantitative estimate of drug-likeness (QED) is 0.793. The van der Waals surface area contributed by atoms with Crippen molar-refractivity contribution >= 4 is 5.82 Å². The molecule has 1 aliphatic rings. The third-order valence-electron chi connectivity index (χ3n) is 2.82. The summed E-state index contributed by atoms with van der Waals surface area (Å²) in [6, 6.07) is 4.99. The van der Waals surface area contributed by atoms with E-state index in [0.29, 0.717) is 12.0 Å². The number of aryl methyl sites for hydroxylation is 1. The van der Waals surface area contributed by atoms with Crippen LogP contribution in [-0.2, 0) is 6.54 Å². The fourth-order valence-corrected chi connectivity index (χ4v) is 1.86. The number of nitrogens with one attached hydrogen (secondary N) is 2. The molecule has 0 amide bonds. The summed E-state index contributed by atoms with van der Waals surface area (Å²) in [4.78, 5) is 4.52. The molecule has 1 fully saturated rings. The van der Waals surface area contributed by atoms with Crippen LogP contribution in [-0.4, -0.2) is 17.6 Å². The van der Waals surface area contributed by atoms with Crippen molar-refractivity contribution in [3.05, 3.63) is 23.4 Å². The zero-order chi connectivity index (χ0) is 12.3. The summed E-state index contributed by atoms with van der Waals surface area (Å²) in [7, 11) is 0. The van der Waals surface area contributed by atoms with E-state index in [-0.39, 0.29) is 0 Å². The SMILES string of the molecule is Cc1cc(CNCC(C)C)cc(NC2CC2)n1. The van der Waals surface area contributed by atoms with Crippen molar-refractivity contribution in [1.29, 1.82) is 0 Å². The summed E-state index contributed by atoms with van der Waals surface area (Å²) in [6.45, 7) is 8.51. The van der Waals surface area contributed by atoms with Gasteiger partial charge in [0.05, 0.1) is 0 Å². The highest BCUT2D eigenvalue weighted by atomic mass is 15.0. The molecular formula is C14H23N3. The molecule has 2 N–H and O–H groups in total. The molecule has 0 unspecified atom stereocenters. The highest BCUT2D eigenvalue weighted by Crippen LogP contribution is 2.24. The Kier molecular flexibility index (Phi) is 4.00. The number of anilines is 1. The van der Waals surface area contributed by atoms with E-state index in [1.165, 1.54) is 18.4 Å². The fraction of sp³-hybridized carbons (Fsp3) is 0.643. The predicted molar refractivity (Wildman–Crippen MR) is 72.2 cm³/mol. The number of aromatic nitrogens is 1. The van der Waals surface area contributed by atoms with Crippen LogP contribution < -0.4 is 10.6 Å². The molecule has 1 aromatic rings. The molecule has 1 aliphatic carbocycles. The maximum atomic E-state index is 4.52. The molecule has 0 aromatic carbocycles. The molecule has 0 aliphatic heterocycles. The molecular weight excluding hydrogens is 210 g/mol. The van der Waals surface area contributed by atoms with Crippen LogP contribution in [0.2, 0.25) is 0 Å². The minimum atomic E-state index is 0.667. The second kappa shape index (κ2) is 5.50. The van der Waals surface area contributed by atoms with Gasteiger partial charge >= 0.3 is 0 Å². The zero-order valence-corrected chi connectivity index (χ0v) is 11.1. The predicted octanol–water partition coefficient (Wildman–Crippen LogP) is 2.71. The van der Waals surface area contributed by atoms with Crippen molar-refractivity contribution < 1.29 is 0 Å². The molecule has 0 radical (unpaired) electrons. The van der Waals surface area contributed by atoms with Gasteiger partial charge in [-0.2, -0.15) is 0 Å². The van der Waals surface area contributed by atoms with E-state index in [1.807, 2.05) is 0 Å². The Hall–Kier alpha value is -1.09. The van der Waals surface area contributed by atoms with Crippen molar-refractivity contribution in [3.8, 4) is 0 Å². The summed E-state index contributed by atoms with van der Waals surface area (Å²) >= 11 is 0. The maximum Gasteiger partial charge on any atom is 0.126 e. The van der Waals surface area contributed by atoms with E-state index in [9.17, 15) is 0 Å². The summed E-state index contributed by atoms with van der Waals surface area (Å²) in [5.74, 6) is 1.73. The smallest absolute Gasteiger partial charge is 0.126 e. The Labute approximate surface area is 104 Å². The number of hydrogen-bond donors (Lipinski definition) is 2. The molecule has 2 rings (SSSR count). The van der Waals surface area contributed by atoms with Crippen molar-refractivity contribution in [2.24, 2.45) is 5.92 Å². The first kappa shape index (κ1) is 12.4. The van der Waals surface area contributed by atoms with Gasteiger partial charge in [0.25, 0.3) is 0 Å². The Morgan fingerprint density at radius 2 is 2.12 bits per heavy atom. The standard InChI is InChI=1S/C14H23N3/c1-10(2)8-15-9-12-6-11(3)16-14(7-12)17-13-4-5-13/h6-7,10,13,15H,4-5,8-9H2,1-3H3,(H,16,17). The molecule has 1 heterocycles. The lowest BCUT2D eigenvalue weighted by atomic mass is 10.2. The van der Waals surface area contributed by atoms with Gasteiger partial charge in [-0.05, 0) is 49.9 Å². The first-order valence-electron chi connectivity index (χ1n) is 6.58. The van der Waals surface area contributed by atoms with Gasteiger partial charge in [-0.1, -0.05) is 13.8 Å². The van der Waals surface area contributed by atoms with Crippen LogP contribution in [0, 0.1) is 12.8 Å². The third-order valence-corrected chi connectivity index (χ3v) is 2.82. The number of hydrogen-bond acceptors (Lipinski definition) is 3. The molecule has 0 atom stereocenters. The Morgan fingerprint density at radius 3 is 2.76 bits per heavy atom. The topological polar surface area (TPSA) is 37.0 Å². The molecule has 0 bridgehead atoms. The fourth-order valence-electron chi connectivity index (χ4n) is 1.86. The lowest BCUT2D eigenvalue weighted by Gasteiger charge is -2.10. The molecule has 17 heavy (non-hydrogen) atoms. The summed E-state index contributed by atoms with van der Waals surface area (Å²) in [5, 5.41) is 6.93. The first-order valence-corrected chi connectivity index (χ1v) is 6.58. The molecule has 3 heteroatoms. The number of pyridine rings is 1. The van der Waals surface area contributed by atoms with E-state index < -0.39 is 0 Å². The van der Waals surface area contributed by atoms with Gasteiger partial charge in [-0.3, -0.25) is 0 Å². The lowest BCUT2D eigenvalue weighted by molar-refractivity contribution is 0.552. The van der Waals surface area contributed by atoms with Crippen LogP contribution in [0.4, 0.5) is 5.82 Å². The van der Waals surface area contributed by atoms with Crippen LogP contribution >= 0.6 is 0 Å². The third kappa shape index (κ3) is 4.35. The second-order valence-electron chi connectivity index (χ2n) is 5.45. The van der Waals surface area contributed by atoms with Gasteiger partial charge in [0.15, 0.2) is 0 Å². The first-order chi connectivity index (χ1) is 8.13. The average Bonchev–Trinajstić information content (AvgIpc) is 3.00. The summed E-state index contributed by atoms with van der Waals surface area (Å²) < 4.78 is 0. The van der Waals surface area contributed by atoms with E-state index in [2.05, 4.69) is 48.5 Å². The van der Waals surface area contributed by atoms with E-state index in [1.54, 1.807) is 0 Å². The number of rotatable bonds is 6. The van der Waals surface area contributed by atoms with Crippen LogP contribution in [0.15, 0.2) is 12.1 Å². The van der Waals surface area contributed by atoms with Crippen molar-refractivity contribution in [1.82, 2.24) is 10.3 Å². The second-order valence-corrected chi connectivity index (χ2v) is 5.45. The Bertz CT molecular complexity index is 370. The minimum absolute atomic E-state index is 0.667. The van der Waals surface area contributed by atoms with Gasteiger partial charge < -0.3 is 10.6 Å². The molecule has 3 nitrogen and oxygen atoms in total. The summed E-state index contributed by atoms with van der Waals surface area (Å²) in [6.07, 6.45) is 2.58. The van der Waals surface area contributed by atoms with Crippen LogP contribution in [0.1, 0.15) is 37.9 Å². The van der Waals surface area contributed by atoms with Gasteiger partial charge in [-0.25, -0.2) is 4.98 Å². The average molecular weight is 233 g/mol. The largest absolute Gasteiger partial charge is 0.367 e. The monoisotopic (exact) mass is 233 g/mol. The Balaban J connectivity index is 1.92. The van der Waals surface area contributed by atoms with Crippen LogP contribution in [0.5, 0.6) is 0 Å². The minimum Gasteiger partial charge on any atom is -0.367 e. The maximum absolute atomic E-state index is 4.52. The van der Waals surface area contributed by atoms with E-state index in [4.69, 9.17) is 0 Å². The molecule has 94 valence electrons. The molecule has 1 saturated carbocycles. The van der Waals surface area contributed by atoms with Crippen molar-refractivity contribution in [3.63, 3.8) is 0 Å². The normalized spacial score (nSPS) is 15.3. The van der Waals surface area contributed by atoms with Gasteiger partial charge in [0, 0.05) is 18.3 Å². The van der Waals surface area contributed by atoms with E-state index in [0.717, 1.165) is 24.6 Å². The molecule has 0 spiro atoms. The highest BCUT2D eigenvalue weighted by molar-refractivity contribution is 5.41. The molecule has 0 saturated heterocycles. The lowest BCUT2D eigenvalue weighted by Crippen LogP contribution is -2.19. The Morgan fingerprint density at radius 1 is 1.35 bits per heavy atom. The number of nitrogens with zero attached hydrogens (tertiary/aromatic N) is 1. The molecule has 1 aromatic heterocycles. The highest BCUT2D eigenvalue weighted by Gasteiger charge is 2.21. The van der Waals surface area contributed by atoms with Crippen molar-refractivity contribution in [2.45, 2.75) is 46.2 Å². The van der Waals surface area contributed by atoms with E-state index >= 15 is 0 Å². The van der Waals surface area contributed by atoms with Gasteiger partial charge in [0.1, 0.15) is 5.82 Å². The van der Waals surface area contributed by atoms with Gasteiger partial charge in [-0.15, -0.1) is 0 Å². The van der Waals surface area contributed by atoms with Crippen LogP contribution in [0.25, 0.3) is 0 Å². The summed E-state index contributed by atoms with van der Waals surface area (Å²) in [5.41, 5.74) is 2.42. The zero-order valence-electron chi connectivity index (χ0n) is 11.1.